The largest absolute Gasteiger partial charge is 0.406 e. The van der Waals surface area contributed by atoms with Crippen molar-refractivity contribution < 1.29 is 8.85 Å². The average molecular weight is 718 g/mol. The van der Waals surface area contributed by atoms with E-state index in [0.717, 1.165) is 0 Å². The summed E-state index contributed by atoms with van der Waals surface area (Å²) in [5.74, 6) is 6.92. The number of benzene rings is 5. The summed E-state index contributed by atoms with van der Waals surface area (Å²) in [6, 6.07) is 54.6. The van der Waals surface area contributed by atoms with Crippen LogP contribution in [0.3, 0.4) is 0 Å². The Bertz CT molecular complexity index is 1400. The Morgan fingerprint density at radius 1 is 0.440 bits per heavy atom. The molecule has 0 aliphatic carbocycles. The molecule has 3 nitrogen and oxygen atoms in total. The fourth-order valence-corrected chi connectivity index (χ4v) is 15.7. The van der Waals surface area contributed by atoms with Crippen molar-refractivity contribution in [3.05, 3.63) is 158 Å². The third-order valence-corrected chi connectivity index (χ3v) is 18.5. The van der Waals surface area contributed by atoms with Gasteiger partial charge in [-0.25, -0.2) is 0 Å². The summed E-state index contributed by atoms with van der Waals surface area (Å²) in [6.45, 7) is 14.6. The molecular weight excluding hydrogens is 658 g/mol. The molecule has 5 aromatic carbocycles. The van der Waals surface area contributed by atoms with Gasteiger partial charge in [-0.15, -0.1) is 17.4 Å². The molecule has 0 unspecified atom stereocenters. The van der Waals surface area contributed by atoms with Crippen molar-refractivity contribution in [3.63, 3.8) is 0 Å². The van der Waals surface area contributed by atoms with E-state index in [2.05, 4.69) is 180 Å². The normalized spacial score (nSPS) is 11.9. The smallest absolute Gasteiger partial charge is 0.261 e. The topological polar surface area (TPSA) is 44.5 Å². The van der Waals surface area contributed by atoms with E-state index in [4.69, 9.17) is 14.6 Å². The van der Waals surface area contributed by atoms with E-state index in [-0.39, 0.29) is 30.3 Å². The van der Waals surface area contributed by atoms with Gasteiger partial charge in [-0.3, -0.25) is 0 Å². The lowest BCUT2D eigenvalue weighted by atomic mass is 10.2. The van der Waals surface area contributed by atoms with Crippen LogP contribution in [0.4, 0.5) is 0 Å². The number of hydrogen-bond acceptors (Lipinski definition) is 3. The summed E-state index contributed by atoms with van der Waals surface area (Å²) >= 11 is -0.139. The van der Waals surface area contributed by atoms with Crippen LogP contribution in [-0.4, -0.2) is 50.0 Å². The minimum absolute atomic E-state index is 0.103. The van der Waals surface area contributed by atoms with Gasteiger partial charge in [0.05, 0.1) is 13.2 Å². The highest BCUT2D eigenvalue weighted by atomic mass is 28.4. The van der Waals surface area contributed by atoms with Crippen molar-refractivity contribution in [2.45, 2.75) is 75.0 Å². The maximum atomic E-state index is 7.14. The highest BCUT2D eigenvalue weighted by Crippen LogP contribution is 2.38. The second-order valence-electron chi connectivity index (χ2n) is 15.6. The van der Waals surface area contributed by atoms with Crippen LogP contribution >= 0.6 is 0 Å². The summed E-state index contributed by atoms with van der Waals surface area (Å²) in [6.07, 6.45) is 0. The Morgan fingerprint density at radius 3 is 0.800 bits per heavy atom. The number of hydrogen-bond donors (Lipinski definition) is 1. The molecule has 2 N–H and O–H groups in total. The van der Waals surface area contributed by atoms with Gasteiger partial charge in [0.25, 0.3) is 30.8 Å². The van der Waals surface area contributed by atoms with Crippen LogP contribution in [0.1, 0.15) is 41.5 Å². The lowest BCUT2D eigenvalue weighted by Crippen LogP contribution is -2.68. The van der Waals surface area contributed by atoms with Gasteiger partial charge in [0.1, 0.15) is 0 Å². The van der Waals surface area contributed by atoms with Gasteiger partial charge in [0.2, 0.25) is 0 Å². The molecule has 0 amide bonds. The maximum absolute atomic E-state index is 7.14. The van der Waals surface area contributed by atoms with E-state index in [1.807, 2.05) is 36.4 Å². The van der Waals surface area contributed by atoms with Crippen LogP contribution in [0.15, 0.2) is 158 Å². The number of rotatable bonds is 10. The van der Waals surface area contributed by atoms with Gasteiger partial charge in [-0.05, 0) is 30.8 Å². The average Bonchev–Trinajstić information content (AvgIpc) is 3.10. The monoisotopic (exact) mass is 717 g/mol. The molecule has 5 aromatic rings. The fourth-order valence-electron chi connectivity index (χ4n) is 6.42. The molecule has 0 fully saturated rings. The van der Waals surface area contributed by atoms with E-state index < -0.39 is 16.6 Å². The summed E-state index contributed by atoms with van der Waals surface area (Å²) in [5.41, 5.74) is 6.88. The van der Waals surface area contributed by atoms with E-state index in [0.29, 0.717) is 13.2 Å². The van der Waals surface area contributed by atoms with Gasteiger partial charge in [0, 0.05) is 6.04 Å². The quantitative estimate of drug-likeness (QED) is 0.147. The standard InChI is InChI=1S/C35H45NO2Si2.C6H6.3CH3.Al/c1-34(2,3)39(30-19-11-7-12-20-30,31-21-13-8-14-22-31)37-27-29(36)28-38-40(35(4,5)6,32-23-15-9-16-24-32)33-25-17-10-18-26-33;1-2-4-6-5-3-1;;;;/h7-26,29H,27-28,36H2,1-6H3;1-6H;3*1H3;. The minimum Gasteiger partial charge on any atom is -0.406 e. The Kier molecular flexibility index (Phi) is 16.2. The van der Waals surface area contributed by atoms with Crippen LogP contribution in [0.5, 0.6) is 0 Å². The zero-order valence-corrected chi connectivity index (χ0v) is 35.1. The van der Waals surface area contributed by atoms with Gasteiger partial charge in [0.15, 0.2) is 0 Å². The minimum atomic E-state index is -2.68. The van der Waals surface area contributed by atoms with Crippen LogP contribution < -0.4 is 26.5 Å². The zero-order chi connectivity index (χ0) is 36.7. The van der Waals surface area contributed by atoms with Crippen molar-refractivity contribution in [2.75, 3.05) is 13.2 Å². The summed E-state index contributed by atoms with van der Waals surface area (Å²) < 4.78 is 14.3. The fraction of sp³-hybridized carbons (Fsp3) is 0.318. The zero-order valence-electron chi connectivity index (χ0n) is 32.0. The Balaban J connectivity index is 0.000000585. The van der Waals surface area contributed by atoms with Gasteiger partial charge in [-0.2, -0.15) is 0 Å². The Morgan fingerprint density at radius 2 is 0.620 bits per heavy atom. The molecule has 0 aliphatic rings. The first-order valence-electron chi connectivity index (χ1n) is 18.0. The molecule has 264 valence electrons. The Labute approximate surface area is 310 Å². The lowest BCUT2D eigenvalue weighted by molar-refractivity contribution is 0.205. The molecule has 5 rings (SSSR count). The SMILES string of the molecule is CC(C)(C)[Si](OCC(N)CO[Si](c1ccccc1)(c1ccccc1)C(C)(C)C)(c1ccccc1)c1ccccc1.[CH3][Al]([CH3])[CH3].c1ccccc1. The van der Waals surface area contributed by atoms with Crippen molar-refractivity contribution in [1.82, 2.24) is 0 Å². The summed E-state index contributed by atoms with van der Waals surface area (Å²) in [4.78, 5) is 0. The first-order chi connectivity index (χ1) is 23.8. The first kappa shape index (κ1) is 41.4. The molecule has 0 saturated carbocycles. The van der Waals surface area contributed by atoms with Crippen LogP contribution in [0.25, 0.3) is 0 Å². The molecule has 0 bridgehead atoms. The predicted octanol–water partition coefficient (Wildman–Crippen LogP) is 8.52. The molecule has 0 aromatic heterocycles. The van der Waals surface area contributed by atoms with Crippen LogP contribution in [-0.2, 0) is 8.85 Å². The molecular formula is C44H60AlNO2Si2. The summed E-state index contributed by atoms with van der Waals surface area (Å²) in [5, 5.41) is 4.83. The lowest BCUT2D eigenvalue weighted by Gasteiger charge is -2.45. The highest BCUT2D eigenvalue weighted by molar-refractivity contribution is 7.00. The summed E-state index contributed by atoms with van der Waals surface area (Å²) in [7, 11) is -5.35. The van der Waals surface area contributed by atoms with Gasteiger partial charge < -0.3 is 14.6 Å². The van der Waals surface area contributed by atoms with E-state index >= 15 is 0 Å². The van der Waals surface area contributed by atoms with Crippen molar-refractivity contribution in [3.8, 4) is 0 Å². The molecule has 0 saturated heterocycles. The molecule has 0 heterocycles. The molecule has 0 radical (unpaired) electrons. The van der Waals surface area contributed by atoms with E-state index in [1.165, 1.54) is 20.7 Å². The van der Waals surface area contributed by atoms with Gasteiger partial charge in [-0.1, -0.05) is 199 Å². The molecule has 6 heteroatoms. The van der Waals surface area contributed by atoms with Crippen LogP contribution in [0.2, 0.25) is 27.4 Å². The highest BCUT2D eigenvalue weighted by Gasteiger charge is 2.52. The first-order valence-corrected chi connectivity index (χ1v) is 25.3. The molecule has 0 atom stereocenters. The van der Waals surface area contributed by atoms with Crippen molar-refractivity contribution >= 4 is 51.5 Å². The Hall–Kier alpha value is -3.05. The molecule has 0 spiro atoms. The van der Waals surface area contributed by atoms with Crippen LogP contribution in [0, 0.1) is 0 Å². The van der Waals surface area contributed by atoms with Gasteiger partial charge >= 0.3 is 0 Å². The third-order valence-electron chi connectivity index (χ3n) is 8.53. The van der Waals surface area contributed by atoms with Crippen molar-refractivity contribution in [2.24, 2.45) is 5.73 Å². The maximum Gasteiger partial charge on any atom is 0.261 e. The van der Waals surface area contributed by atoms with E-state index in [9.17, 15) is 0 Å². The number of nitrogens with two attached hydrogens (primary N) is 1. The van der Waals surface area contributed by atoms with E-state index in [1.54, 1.807) is 0 Å². The molecule has 50 heavy (non-hydrogen) atoms. The second-order valence-corrected chi connectivity index (χ2v) is 27.7. The van der Waals surface area contributed by atoms with Crippen molar-refractivity contribution in [1.29, 1.82) is 0 Å². The third kappa shape index (κ3) is 11.0. The predicted molar refractivity (Wildman–Crippen MR) is 225 cm³/mol. The molecule has 0 aliphatic heterocycles. The second kappa shape index (κ2) is 19.5.